The lowest BCUT2D eigenvalue weighted by molar-refractivity contribution is 0.257. The third kappa shape index (κ3) is 5.23. The van der Waals surface area contributed by atoms with Crippen molar-refractivity contribution in [3.05, 3.63) is 108 Å². The number of benzene rings is 2. The SMILES string of the molecule is C=Cc1cnc(OCc2cccc(-c3ccccc3)c2C)nc1OCc1cncc(C#N)c1. The van der Waals surface area contributed by atoms with Gasteiger partial charge in [0.05, 0.1) is 11.1 Å². The van der Waals surface area contributed by atoms with Crippen LogP contribution in [0.4, 0.5) is 0 Å². The van der Waals surface area contributed by atoms with Gasteiger partial charge in [-0.3, -0.25) is 4.98 Å². The van der Waals surface area contributed by atoms with Crippen LogP contribution in [-0.2, 0) is 13.2 Å². The molecular weight excluding hydrogens is 412 g/mol. The van der Waals surface area contributed by atoms with Crippen LogP contribution in [0, 0.1) is 18.3 Å². The number of hydrogen-bond acceptors (Lipinski definition) is 6. The average Bonchev–Trinajstić information content (AvgIpc) is 2.87. The second kappa shape index (κ2) is 10.2. The van der Waals surface area contributed by atoms with Crippen LogP contribution in [0.3, 0.4) is 0 Å². The van der Waals surface area contributed by atoms with Crippen LogP contribution in [0.2, 0.25) is 0 Å². The van der Waals surface area contributed by atoms with Gasteiger partial charge in [0.1, 0.15) is 19.3 Å². The zero-order valence-electron chi connectivity index (χ0n) is 18.2. The Balaban J connectivity index is 1.49. The van der Waals surface area contributed by atoms with E-state index in [0.717, 1.165) is 27.8 Å². The van der Waals surface area contributed by atoms with E-state index < -0.39 is 0 Å². The third-order valence-electron chi connectivity index (χ3n) is 5.17. The predicted octanol–water partition coefficient (Wildman–Crippen LogP) is 5.52. The quantitative estimate of drug-likeness (QED) is 0.363. The molecule has 162 valence electrons. The topological polar surface area (TPSA) is 80.9 Å². The molecule has 0 N–H and O–H groups in total. The van der Waals surface area contributed by atoms with E-state index in [0.29, 0.717) is 23.6 Å². The standard InChI is InChI=1S/C27H22N4O2/c1-3-22-16-30-27(31-26(22)32-17-21-12-20(13-28)14-29-15-21)33-18-24-10-7-11-25(19(24)2)23-8-5-4-6-9-23/h3-12,14-16H,1,17-18H2,2H3. The molecule has 33 heavy (non-hydrogen) atoms. The maximum atomic E-state index is 9.04. The minimum atomic E-state index is 0.206. The molecule has 0 atom stereocenters. The van der Waals surface area contributed by atoms with Crippen LogP contribution in [0.15, 0.2) is 79.8 Å². The lowest BCUT2D eigenvalue weighted by atomic mass is 9.97. The normalized spacial score (nSPS) is 10.3. The molecule has 0 amide bonds. The highest BCUT2D eigenvalue weighted by molar-refractivity contribution is 5.68. The minimum absolute atomic E-state index is 0.206. The first-order valence-corrected chi connectivity index (χ1v) is 10.4. The van der Waals surface area contributed by atoms with Crippen molar-refractivity contribution in [2.45, 2.75) is 20.1 Å². The fraction of sp³-hybridized carbons (Fsp3) is 0.111. The van der Waals surface area contributed by atoms with Gasteiger partial charge in [0, 0.05) is 24.2 Å². The Kier molecular flexibility index (Phi) is 6.72. The first-order valence-electron chi connectivity index (χ1n) is 10.4. The zero-order chi connectivity index (χ0) is 23.0. The van der Waals surface area contributed by atoms with Gasteiger partial charge in [-0.25, -0.2) is 4.98 Å². The van der Waals surface area contributed by atoms with Gasteiger partial charge >= 0.3 is 6.01 Å². The molecule has 4 aromatic rings. The molecule has 6 nitrogen and oxygen atoms in total. The summed E-state index contributed by atoms with van der Waals surface area (Å²) in [6, 6.07) is 20.4. The van der Waals surface area contributed by atoms with Crippen LogP contribution < -0.4 is 9.47 Å². The van der Waals surface area contributed by atoms with Crippen molar-refractivity contribution in [2.24, 2.45) is 0 Å². The second-order valence-corrected chi connectivity index (χ2v) is 7.34. The molecule has 4 rings (SSSR count). The third-order valence-corrected chi connectivity index (χ3v) is 5.17. The summed E-state index contributed by atoms with van der Waals surface area (Å²) in [5, 5.41) is 9.04. The summed E-state index contributed by atoms with van der Waals surface area (Å²) < 4.78 is 11.8. The first-order chi connectivity index (χ1) is 16.2. The molecule has 0 radical (unpaired) electrons. The number of nitriles is 1. The summed E-state index contributed by atoms with van der Waals surface area (Å²) in [4.78, 5) is 12.7. The molecule has 6 heteroatoms. The smallest absolute Gasteiger partial charge is 0.320 e. The van der Waals surface area contributed by atoms with Crippen LogP contribution in [-0.4, -0.2) is 15.0 Å². The summed E-state index contributed by atoms with van der Waals surface area (Å²) in [6.45, 7) is 6.41. The molecule has 0 bridgehead atoms. The molecule has 2 heterocycles. The fourth-order valence-corrected chi connectivity index (χ4v) is 3.38. The van der Waals surface area contributed by atoms with Gasteiger partial charge in [-0.1, -0.05) is 61.2 Å². The number of hydrogen-bond donors (Lipinski definition) is 0. The summed E-state index contributed by atoms with van der Waals surface area (Å²) in [7, 11) is 0. The highest BCUT2D eigenvalue weighted by Gasteiger charge is 2.11. The van der Waals surface area contributed by atoms with Crippen molar-refractivity contribution >= 4 is 6.08 Å². The largest absolute Gasteiger partial charge is 0.472 e. The van der Waals surface area contributed by atoms with Gasteiger partial charge in [0.15, 0.2) is 0 Å². The lowest BCUT2D eigenvalue weighted by Gasteiger charge is -2.13. The van der Waals surface area contributed by atoms with Crippen LogP contribution in [0.25, 0.3) is 17.2 Å². The Bertz CT molecular complexity index is 1310. The molecule has 0 unspecified atom stereocenters. The summed E-state index contributed by atoms with van der Waals surface area (Å²) in [5.74, 6) is 0.354. The number of nitrogens with zero attached hydrogens (tertiary/aromatic N) is 4. The highest BCUT2D eigenvalue weighted by Crippen LogP contribution is 2.26. The van der Waals surface area contributed by atoms with Gasteiger partial charge in [0.2, 0.25) is 5.88 Å². The maximum absolute atomic E-state index is 9.04. The van der Waals surface area contributed by atoms with Crippen LogP contribution >= 0.6 is 0 Å². The molecule has 0 aliphatic rings. The maximum Gasteiger partial charge on any atom is 0.320 e. The van der Waals surface area contributed by atoms with Crippen molar-refractivity contribution in [2.75, 3.05) is 0 Å². The van der Waals surface area contributed by atoms with Crippen molar-refractivity contribution in [3.8, 4) is 29.1 Å². The first kappa shape index (κ1) is 21.7. The second-order valence-electron chi connectivity index (χ2n) is 7.34. The van der Waals surface area contributed by atoms with E-state index in [-0.39, 0.29) is 12.6 Å². The fourth-order valence-electron chi connectivity index (χ4n) is 3.38. The van der Waals surface area contributed by atoms with Gasteiger partial charge in [-0.05, 0) is 35.2 Å². The molecule has 0 aliphatic carbocycles. The van der Waals surface area contributed by atoms with Gasteiger partial charge < -0.3 is 9.47 Å². The molecule has 0 fully saturated rings. The Morgan fingerprint density at radius 2 is 1.85 bits per heavy atom. The molecule has 0 saturated carbocycles. The Morgan fingerprint density at radius 3 is 2.64 bits per heavy atom. The summed E-state index contributed by atoms with van der Waals surface area (Å²) in [5.41, 5.74) is 6.40. The molecule has 2 aromatic heterocycles. The van der Waals surface area contributed by atoms with E-state index in [1.165, 1.54) is 6.20 Å². The highest BCUT2D eigenvalue weighted by atomic mass is 16.5. The summed E-state index contributed by atoms with van der Waals surface area (Å²) in [6.07, 6.45) is 6.39. The van der Waals surface area contributed by atoms with E-state index in [2.05, 4.69) is 52.7 Å². The van der Waals surface area contributed by atoms with Crippen molar-refractivity contribution in [1.82, 2.24) is 15.0 Å². The monoisotopic (exact) mass is 434 g/mol. The van der Waals surface area contributed by atoms with E-state index in [9.17, 15) is 0 Å². The lowest BCUT2D eigenvalue weighted by Crippen LogP contribution is -2.05. The van der Waals surface area contributed by atoms with E-state index in [1.54, 1.807) is 24.5 Å². The van der Waals surface area contributed by atoms with Crippen molar-refractivity contribution in [1.29, 1.82) is 5.26 Å². The Morgan fingerprint density at radius 1 is 1.00 bits per heavy atom. The van der Waals surface area contributed by atoms with Crippen LogP contribution in [0.1, 0.15) is 27.8 Å². The van der Waals surface area contributed by atoms with Crippen LogP contribution in [0.5, 0.6) is 11.9 Å². The number of ether oxygens (including phenoxy) is 2. The average molecular weight is 434 g/mol. The van der Waals surface area contributed by atoms with Gasteiger partial charge in [0.25, 0.3) is 0 Å². The molecule has 2 aromatic carbocycles. The summed E-state index contributed by atoms with van der Waals surface area (Å²) >= 11 is 0. The van der Waals surface area contributed by atoms with E-state index in [4.69, 9.17) is 14.7 Å². The molecule has 0 spiro atoms. The molecular formula is C27H22N4O2. The molecule has 0 aliphatic heterocycles. The minimum Gasteiger partial charge on any atom is -0.472 e. The molecule has 0 saturated heterocycles. The number of pyridine rings is 1. The van der Waals surface area contributed by atoms with Gasteiger partial charge in [-0.2, -0.15) is 10.2 Å². The Labute approximate surface area is 192 Å². The number of aromatic nitrogens is 3. The van der Waals surface area contributed by atoms with Crippen molar-refractivity contribution < 1.29 is 9.47 Å². The van der Waals surface area contributed by atoms with Crippen molar-refractivity contribution in [3.63, 3.8) is 0 Å². The van der Waals surface area contributed by atoms with E-state index >= 15 is 0 Å². The predicted molar refractivity (Wildman–Crippen MR) is 126 cm³/mol. The Hall–Kier alpha value is -4.50. The number of rotatable bonds is 8. The zero-order valence-corrected chi connectivity index (χ0v) is 18.2. The van der Waals surface area contributed by atoms with E-state index in [1.807, 2.05) is 30.3 Å². The van der Waals surface area contributed by atoms with Gasteiger partial charge in [-0.15, -0.1) is 0 Å².